The minimum Gasteiger partial charge on any atom is -0.352 e. The van der Waals surface area contributed by atoms with E-state index in [2.05, 4.69) is 20.7 Å². The van der Waals surface area contributed by atoms with Gasteiger partial charge in [-0.05, 0) is 31.5 Å². The number of benzene rings is 2. The van der Waals surface area contributed by atoms with Gasteiger partial charge < -0.3 is 10.6 Å². The van der Waals surface area contributed by atoms with Gasteiger partial charge in [-0.3, -0.25) is 4.99 Å². The zero-order chi connectivity index (χ0) is 21.8. The van der Waals surface area contributed by atoms with Gasteiger partial charge in [-0.2, -0.15) is 5.10 Å². The van der Waals surface area contributed by atoms with Crippen molar-refractivity contribution < 1.29 is 17.6 Å². The maximum Gasteiger partial charge on any atom is 0.191 e. The van der Waals surface area contributed by atoms with Crippen LogP contribution in [-0.2, 0) is 13.1 Å². The number of halogens is 5. The summed E-state index contributed by atoms with van der Waals surface area (Å²) in [6.45, 7) is 3.71. The third-order valence-electron chi connectivity index (χ3n) is 4.53. The first-order chi connectivity index (χ1) is 14.3. The average Bonchev–Trinajstić information content (AvgIpc) is 3.06. The van der Waals surface area contributed by atoms with Crippen molar-refractivity contribution >= 4 is 29.9 Å². The molecule has 1 aromatic heterocycles. The predicted octanol–water partition coefficient (Wildman–Crippen LogP) is 4.53. The molecular formula is C21H22F4IN5. The van der Waals surface area contributed by atoms with E-state index in [0.29, 0.717) is 6.54 Å². The molecule has 0 aliphatic rings. The van der Waals surface area contributed by atoms with Crippen LogP contribution < -0.4 is 10.6 Å². The van der Waals surface area contributed by atoms with Crippen molar-refractivity contribution in [3.8, 4) is 5.69 Å². The molecule has 0 atom stereocenters. The highest BCUT2D eigenvalue weighted by Gasteiger charge is 2.19. The molecule has 31 heavy (non-hydrogen) atoms. The first-order valence-electron chi connectivity index (χ1n) is 9.19. The molecule has 0 saturated heterocycles. The molecule has 0 saturated carbocycles. The van der Waals surface area contributed by atoms with Crippen LogP contribution >= 0.6 is 24.0 Å². The molecule has 3 aromatic rings. The molecule has 166 valence electrons. The Morgan fingerprint density at radius 3 is 2.16 bits per heavy atom. The molecule has 2 N–H and O–H groups in total. The van der Waals surface area contributed by atoms with Crippen LogP contribution in [0.3, 0.4) is 0 Å². The molecule has 0 radical (unpaired) electrons. The van der Waals surface area contributed by atoms with Gasteiger partial charge in [0.2, 0.25) is 0 Å². The van der Waals surface area contributed by atoms with Crippen LogP contribution in [-0.4, -0.2) is 22.8 Å². The Morgan fingerprint density at radius 1 is 0.968 bits per heavy atom. The minimum atomic E-state index is -1.45. The quantitative estimate of drug-likeness (QED) is 0.162. The number of aromatic nitrogens is 2. The lowest BCUT2D eigenvalue weighted by molar-refractivity contribution is 0.437. The third-order valence-corrected chi connectivity index (χ3v) is 4.53. The minimum absolute atomic E-state index is 0. The summed E-state index contributed by atoms with van der Waals surface area (Å²) in [5.41, 5.74) is 2.90. The van der Waals surface area contributed by atoms with Gasteiger partial charge in [-0.25, -0.2) is 22.2 Å². The van der Waals surface area contributed by atoms with Crippen molar-refractivity contribution in [1.29, 1.82) is 0 Å². The molecule has 0 bridgehead atoms. The maximum absolute atomic E-state index is 13.8. The summed E-state index contributed by atoms with van der Waals surface area (Å²) in [7, 11) is 1.47. The fraction of sp³-hybridized carbons (Fsp3) is 0.238. The molecule has 5 nitrogen and oxygen atoms in total. The van der Waals surface area contributed by atoms with Crippen molar-refractivity contribution in [3.63, 3.8) is 0 Å². The summed E-state index contributed by atoms with van der Waals surface area (Å²) in [6, 6.07) is 9.75. The highest BCUT2D eigenvalue weighted by atomic mass is 127. The zero-order valence-electron chi connectivity index (χ0n) is 17.1. The maximum atomic E-state index is 13.8. The lowest BCUT2D eigenvalue weighted by Gasteiger charge is -2.15. The fourth-order valence-corrected chi connectivity index (χ4v) is 3.09. The molecule has 2 aromatic carbocycles. The fourth-order valence-electron chi connectivity index (χ4n) is 3.09. The van der Waals surface area contributed by atoms with Crippen LogP contribution in [0.15, 0.2) is 41.4 Å². The van der Waals surface area contributed by atoms with Crippen molar-refractivity contribution in [3.05, 3.63) is 82.2 Å². The standard InChI is InChI=1S/C21H21F4N5.HI/c1-12-8-13(2)30(29-12)18-7-5-4-6-14(18)10-27-21(26-3)28-11-15-19(24)16(22)9-17(23)20(15)25;/h4-9H,10-11H2,1-3H3,(H2,26,27,28);1H. The van der Waals surface area contributed by atoms with Crippen molar-refractivity contribution in [2.45, 2.75) is 26.9 Å². The number of hydrogen-bond donors (Lipinski definition) is 2. The molecule has 3 rings (SSSR count). The lowest BCUT2D eigenvalue weighted by atomic mass is 10.1. The first kappa shape index (κ1) is 24.6. The van der Waals surface area contributed by atoms with E-state index in [1.165, 1.54) is 7.05 Å². The van der Waals surface area contributed by atoms with Crippen LogP contribution in [0, 0.1) is 37.1 Å². The summed E-state index contributed by atoms with van der Waals surface area (Å²) in [4.78, 5) is 3.99. The lowest BCUT2D eigenvalue weighted by Crippen LogP contribution is -2.37. The number of nitrogens with zero attached hydrogens (tertiary/aromatic N) is 3. The van der Waals surface area contributed by atoms with E-state index < -0.39 is 35.4 Å². The Kier molecular flexibility index (Phi) is 8.43. The predicted molar refractivity (Wildman–Crippen MR) is 122 cm³/mol. The molecular weight excluding hydrogens is 525 g/mol. The largest absolute Gasteiger partial charge is 0.352 e. The van der Waals surface area contributed by atoms with E-state index in [0.717, 1.165) is 22.6 Å². The summed E-state index contributed by atoms with van der Waals surface area (Å²) < 4.78 is 56.2. The highest BCUT2D eigenvalue weighted by molar-refractivity contribution is 14.0. The second kappa shape index (κ2) is 10.6. The van der Waals surface area contributed by atoms with Gasteiger partial charge in [0, 0.05) is 37.5 Å². The van der Waals surface area contributed by atoms with Crippen LogP contribution in [0.2, 0.25) is 0 Å². The molecule has 0 fully saturated rings. The Morgan fingerprint density at radius 2 is 1.58 bits per heavy atom. The van der Waals surface area contributed by atoms with Crippen LogP contribution in [0.25, 0.3) is 5.69 Å². The van der Waals surface area contributed by atoms with Crippen molar-refractivity contribution in [2.24, 2.45) is 4.99 Å². The molecule has 0 spiro atoms. The number of para-hydroxylation sites is 1. The van der Waals surface area contributed by atoms with Gasteiger partial charge in [0.25, 0.3) is 0 Å². The van der Waals surface area contributed by atoms with Gasteiger partial charge in [-0.1, -0.05) is 18.2 Å². The summed E-state index contributed by atoms with van der Waals surface area (Å²) in [5, 5.41) is 10.2. The summed E-state index contributed by atoms with van der Waals surface area (Å²) in [5.74, 6) is -5.57. The number of hydrogen-bond acceptors (Lipinski definition) is 2. The Hall–Kier alpha value is -2.63. The topological polar surface area (TPSA) is 54.2 Å². The molecule has 0 unspecified atom stereocenters. The van der Waals surface area contributed by atoms with Gasteiger partial charge >= 0.3 is 0 Å². The molecule has 0 aliphatic heterocycles. The van der Waals surface area contributed by atoms with Crippen molar-refractivity contribution in [2.75, 3.05) is 7.05 Å². The van der Waals surface area contributed by atoms with E-state index in [9.17, 15) is 17.6 Å². The van der Waals surface area contributed by atoms with Crippen LogP contribution in [0.5, 0.6) is 0 Å². The smallest absolute Gasteiger partial charge is 0.191 e. The van der Waals surface area contributed by atoms with E-state index in [4.69, 9.17) is 0 Å². The number of guanidine groups is 1. The molecule has 0 amide bonds. The Bertz CT molecular complexity index is 1070. The van der Waals surface area contributed by atoms with Crippen LogP contribution in [0.1, 0.15) is 22.5 Å². The Labute approximate surface area is 194 Å². The SMILES string of the molecule is CN=C(NCc1ccccc1-n1nc(C)cc1C)NCc1c(F)c(F)cc(F)c1F.I. The number of aryl methyl sites for hydroxylation is 2. The highest BCUT2D eigenvalue weighted by Crippen LogP contribution is 2.19. The van der Waals surface area contributed by atoms with E-state index >= 15 is 0 Å². The molecule has 1 heterocycles. The second-order valence-electron chi connectivity index (χ2n) is 6.69. The van der Waals surface area contributed by atoms with Crippen LogP contribution in [0.4, 0.5) is 17.6 Å². The normalized spacial score (nSPS) is 11.3. The van der Waals surface area contributed by atoms with E-state index in [-0.39, 0.29) is 36.0 Å². The van der Waals surface area contributed by atoms with Gasteiger partial charge in [0.1, 0.15) is 0 Å². The summed E-state index contributed by atoms with van der Waals surface area (Å²) >= 11 is 0. The molecule has 10 heteroatoms. The summed E-state index contributed by atoms with van der Waals surface area (Å²) in [6.07, 6.45) is 0. The second-order valence-corrected chi connectivity index (χ2v) is 6.69. The first-order valence-corrected chi connectivity index (χ1v) is 9.19. The number of rotatable bonds is 5. The molecule has 0 aliphatic carbocycles. The average molecular weight is 547 g/mol. The van der Waals surface area contributed by atoms with E-state index in [1.807, 2.05) is 48.9 Å². The van der Waals surface area contributed by atoms with Gasteiger partial charge in [-0.15, -0.1) is 24.0 Å². The third kappa shape index (κ3) is 5.54. The number of nitrogens with one attached hydrogen (secondary N) is 2. The van der Waals surface area contributed by atoms with Crippen molar-refractivity contribution in [1.82, 2.24) is 20.4 Å². The zero-order valence-corrected chi connectivity index (χ0v) is 19.5. The number of aliphatic imine (C=N–C) groups is 1. The Balaban J connectivity index is 0.00000341. The van der Waals surface area contributed by atoms with Gasteiger partial charge in [0.15, 0.2) is 29.2 Å². The van der Waals surface area contributed by atoms with Gasteiger partial charge in [0.05, 0.1) is 11.4 Å². The monoisotopic (exact) mass is 547 g/mol. The van der Waals surface area contributed by atoms with E-state index in [1.54, 1.807) is 0 Å².